The summed E-state index contributed by atoms with van der Waals surface area (Å²) in [5.41, 5.74) is 3.43. The molecule has 1 aliphatic rings. The van der Waals surface area contributed by atoms with E-state index < -0.39 is 0 Å². The molecule has 32 heavy (non-hydrogen) atoms. The Labute approximate surface area is 189 Å². The molecule has 0 spiro atoms. The summed E-state index contributed by atoms with van der Waals surface area (Å²) in [7, 11) is 3.54. The molecule has 6 heteroatoms. The number of carbonyl (C=O) groups is 1. The maximum absolute atomic E-state index is 12.9. The lowest BCUT2D eigenvalue weighted by Gasteiger charge is -2.33. The molecule has 0 saturated carbocycles. The Morgan fingerprint density at radius 3 is 2.72 bits per heavy atom. The van der Waals surface area contributed by atoms with Crippen LogP contribution in [0.3, 0.4) is 0 Å². The summed E-state index contributed by atoms with van der Waals surface area (Å²) in [6, 6.07) is 17.9. The van der Waals surface area contributed by atoms with Gasteiger partial charge in [-0.3, -0.25) is 9.69 Å². The predicted octanol–water partition coefficient (Wildman–Crippen LogP) is 4.30. The van der Waals surface area contributed by atoms with E-state index in [1.165, 1.54) is 0 Å². The molecule has 2 heterocycles. The molecule has 1 saturated heterocycles. The monoisotopic (exact) mass is 433 g/mol. The second-order valence-corrected chi connectivity index (χ2v) is 8.68. The molecule has 1 amide bonds. The molecular weight excluding hydrogens is 402 g/mol. The van der Waals surface area contributed by atoms with E-state index >= 15 is 0 Å². The highest BCUT2D eigenvalue weighted by atomic mass is 16.5. The summed E-state index contributed by atoms with van der Waals surface area (Å²) >= 11 is 0. The van der Waals surface area contributed by atoms with Gasteiger partial charge in [-0.05, 0) is 32.0 Å². The first-order chi connectivity index (χ1) is 15.4. The Kier molecular flexibility index (Phi) is 6.72. The molecule has 1 aromatic heterocycles. The number of aromatic nitrogens is 1. The smallest absolute Gasteiger partial charge is 0.254 e. The van der Waals surface area contributed by atoms with E-state index in [1.54, 1.807) is 19.0 Å². The van der Waals surface area contributed by atoms with Crippen molar-refractivity contribution < 1.29 is 14.3 Å². The molecule has 1 aliphatic heterocycles. The van der Waals surface area contributed by atoms with Crippen LogP contribution >= 0.6 is 0 Å². The van der Waals surface area contributed by atoms with Crippen LogP contribution in [0.1, 0.15) is 41.6 Å². The van der Waals surface area contributed by atoms with E-state index in [4.69, 9.17) is 14.5 Å². The zero-order valence-electron chi connectivity index (χ0n) is 19.2. The van der Waals surface area contributed by atoms with E-state index in [2.05, 4.69) is 11.0 Å². The van der Waals surface area contributed by atoms with Gasteiger partial charge in [0.1, 0.15) is 11.9 Å². The minimum atomic E-state index is -0.194. The fourth-order valence-corrected chi connectivity index (χ4v) is 4.05. The lowest BCUT2D eigenvalue weighted by molar-refractivity contribution is -0.0351. The van der Waals surface area contributed by atoms with Crippen LogP contribution in [0.25, 0.3) is 10.9 Å². The first kappa shape index (κ1) is 22.2. The van der Waals surface area contributed by atoms with Gasteiger partial charge in [0.2, 0.25) is 0 Å². The van der Waals surface area contributed by atoms with Gasteiger partial charge in [0.25, 0.3) is 5.91 Å². The third kappa shape index (κ3) is 4.92. The summed E-state index contributed by atoms with van der Waals surface area (Å²) in [5, 5.41) is 0.863. The van der Waals surface area contributed by atoms with Gasteiger partial charge in [-0.1, -0.05) is 36.4 Å². The molecule has 3 aromatic rings. The van der Waals surface area contributed by atoms with Gasteiger partial charge in [0.05, 0.1) is 29.5 Å². The summed E-state index contributed by atoms with van der Waals surface area (Å²) in [6.07, 6.45) is -0.0664. The van der Waals surface area contributed by atoms with E-state index in [9.17, 15) is 4.79 Å². The van der Waals surface area contributed by atoms with Crippen molar-refractivity contribution in [3.8, 4) is 5.75 Å². The highest BCUT2D eigenvalue weighted by Crippen LogP contribution is 2.28. The van der Waals surface area contributed by atoms with Crippen LogP contribution < -0.4 is 4.74 Å². The molecule has 4 rings (SSSR count). The zero-order valence-corrected chi connectivity index (χ0v) is 19.2. The fraction of sp³-hybridized carbons (Fsp3) is 0.385. The third-order valence-electron chi connectivity index (χ3n) is 5.58. The van der Waals surface area contributed by atoms with Crippen molar-refractivity contribution in [3.63, 3.8) is 0 Å². The molecule has 2 aromatic carbocycles. The van der Waals surface area contributed by atoms with Crippen molar-refractivity contribution >= 4 is 16.8 Å². The lowest BCUT2D eigenvalue weighted by atomic mass is 10.0. The number of nitrogens with zero attached hydrogens (tertiary/aromatic N) is 3. The SMILES string of the molecule is CC(C)Oc1ccccc1CN1CCO[C@@H](c2cc(C(=O)N(C)C)c3ccccc3n2)C1. The normalized spacial score (nSPS) is 17.0. The molecule has 168 valence electrons. The average Bonchev–Trinajstić information content (AvgIpc) is 2.79. The van der Waals surface area contributed by atoms with Crippen LogP contribution in [0, 0.1) is 0 Å². The van der Waals surface area contributed by atoms with Crippen molar-refractivity contribution in [1.29, 1.82) is 0 Å². The Balaban J connectivity index is 1.60. The molecule has 0 bridgehead atoms. The van der Waals surface area contributed by atoms with Crippen LogP contribution in [0.5, 0.6) is 5.75 Å². The minimum absolute atomic E-state index is 0.0303. The summed E-state index contributed by atoms with van der Waals surface area (Å²) < 4.78 is 12.1. The van der Waals surface area contributed by atoms with E-state index in [1.807, 2.05) is 62.4 Å². The third-order valence-corrected chi connectivity index (χ3v) is 5.58. The number of carbonyl (C=O) groups excluding carboxylic acids is 1. The lowest BCUT2D eigenvalue weighted by Crippen LogP contribution is -2.38. The largest absolute Gasteiger partial charge is 0.491 e. The number of hydrogen-bond acceptors (Lipinski definition) is 5. The number of pyridine rings is 1. The van der Waals surface area contributed by atoms with Crippen molar-refractivity contribution in [2.24, 2.45) is 0 Å². The van der Waals surface area contributed by atoms with E-state index in [-0.39, 0.29) is 18.1 Å². The van der Waals surface area contributed by atoms with E-state index in [0.29, 0.717) is 18.7 Å². The van der Waals surface area contributed by atoms with Gasteiger partial charge in [0, 0.05) is 44.7 Å². The highest BCUT2D eigenvalue weighted by molar-refractivity contribution is 6.06. The van der Waals surface area contributed by atoms with Gasteiger partial charge in [-0.25, -0.2) is 4.98 Å². The first-order valence-electron chi connectivity index (χ1n) is 11.1. The van der Waals surface area contributed by atoms with Crippen molar-refractivity contribution in [2.75, 3.05) is 33.8 Å². The Bertz CT molecular complexity index is 1100. The van der Waals surface area contributed by atoms with Crippen LogP contribution in [0.2, 0.25) is 0 Å². The van der Waals surface area contributed by atoms with Crippen molar-refractivity contribution in [3.05, 3.63) is 71.4 Å². The fourth-order valence-electron chi connectivity index (χ4n) is 4.05. The van der Waals surface area contributed by atoms with Crippen LogP contribution in [-0.4, -0.2) is 60.6 Å². The summed E-state index contributed by atoms with van der Waals surface area (Å²) in [5.74, 6) is 0.894. The van der Waals surface area contributed by atoms with Crippen molar-refractivity contribution in [2.45, 2.75) is 32.6 Å². The molecular formula is C26H31N3O3. The highest BCUT2D eigenvalue weighted by Gasteiger charge is 2.26. The quantitative estimate of drug-likeness (QED) is 0.580. The number of para-hydroxylation sites is 2. The Hall–Kier alpha value is -2.96. The first-order valence-corrected chi connectivity index (χ1v) is 11.1. The molecule has 1 atom stereocenters. The maximum atomic E-state index is 12.9. The van der Waals surface area contributed by atoms with Crippen LogP contribution in [-0.2, 0) is 11.3 Å². The topological polar surface area (TPSA) is 54.9 Å². The zero-order chi connectivity index (χ0) is 22.7. The Morgan fingerprint density at radius 1 is 1.19 bits per heavy atom. The second kappa shape index (κ2) is 9.67. The predicted molar refractivity (Wildman–Crippen MR) is 126 cm³/mol. The Morgan fingerprint density at radius 2 is 1.94 bits per heavy atom. The van der Waals surface area contributed by atoms with Gasteiger partial charge < -0.3 is 14.4 Å². The number of rotatable bonds is 6. The average molecular weight is 434 g/mol. The number of hydrogen-bond donors (Lipinski definition) is 0. The molecule has 0 radical (unpaired) electrons. The number of fused-ring (bicyclic) bond motifs is 1. The number of ether oxygens (including phenoxy) is 2. The van der Waals surface area contributed by atoms with Gasteiger partial charge in [-0.2, -0.15) is 0 Å². The minimum Gasteiger partial charge on any atom is -0.491 e. The number of amides is 1. The summed E-state index contributed by atoms with van der Waals surface area (Å²) in [4.78, 5) is 21.7. The molecule has 0 unspecified atom stereocenters. The van der Waals surface area contributed by atoms with Crippen LogP contribution in [0.15, 0.2) is 54.6 Å². The molecule has 1 fully saturated rings. The molecule has 6 nitrogen and oxygen atoms in total. The number of morpholine rings is 1. The maximum Gasteiger partial charge on any atom is 0.254 e. The second-order valence-electron chi connectivity index (χ2n) is 8.68. The standard InChI is InChI=1S/C26H31N3O3/c1-18(2)32-24-12-8-5-9-19(24)16-29-13-14-31-25(17-29)23-15-21(26(30)28(3)4)20-10-6-7-11-22(20)27-23/h5-12,15,18,25H,13-14,16-17H2,1-4H3/t25-/m1/s1. The van der Waals surface area contributed by atoms with Gasteiger partial charge in [0.15, 0.2) is 0 Å². The van der Waals surface area contributed by atoms with Crippen molar-refractivity contribution in [1.82, 2.24) is 14.8 Å². The number of benzene rings is 2. The molecule has 0 aliphatic carbocycles. The van der Waals surface area contributed by atoms with Crippen LogP contribution in [0.4, 0.5) is 0 Å². The van der Waals surface area contributed by atoms with E-state index in [0.717, 1.165) is 41.0 Å². The van der Waals surface area contributed by atoms with Gasteiger partial charge in [-0.15, -0.1) is 0 Å². The van der Waals surface area contributed by atoms with Gasteiger partial charge >= 0.3 is 0 Å². The summed E-state index contributed by atoms with van der Waals surface area (Å²) in [6.45, 7) is 7.02. The molecule has 0 N–H and O–H groups in total.